The average Bonchev–Trinajstić information content (AvgIpc) is 2.77. The molecule has 33 heavy (non-hydrogen) atoms. The minimum absolute atomic E-state index is 0.0209. The van der Waals surface area contributed by atoms with Crippen molar-refractivity contribution in [3.63, 3.8) is 0 Å². The number of carbonyl (C=O) groups is 2. The molecule has 1 fully saturated rings. The fraction of sp³-hybridized carbons (Fsp3) is 0.391. The van der Waals surface area contributed by atoms with Gasteiger partial charge in [-0.25, -0.2) is 12.8 Å². The third-order valence-electron chi connectivity index (χ3n) is 6.02. The number of aryl methyl sites for hydroxylation is 2. The number of amides is 2. The molecule has 2 aliphatic heterocycles. The highest BCUT2D eigenvalue weighted by Gasteiger charge is 2.35. The average molecular weight is 476 g/mol. The van der Waals surface area contributed by atoms with Crippen LogP contribution in [0, 0.1) is 25.6 Å². The number of anilines is 2. The van der Waals surface area contributed by atoms with Crippen LogP contribution in [-0.4, -0.2) is 43.7 Å². The lowest BCUT2D eigenvalue weighted by Gasteiger charge is -2.32. The van der Waals surface area contributed by atoms with Crippen molar-refractivity contribution < 1.29 is 27.1 Å². The van der Waals surface area contributed by atoms with E-state index in [1.165, 1.54) is 16.4 Å². The van der Waals surface area contributed by atoms with Crippen LogP contribution in [0.5, 0.6) is 5.75 Å². The third kappa shape index (κ3) is 4.58. The van der Waals surface area contributed by atoms with E-state index in [1.807, 2.05) is 0 Å². The van der Waals surface area contributed by atoms with Crippen LogP contribution in [0.4, 0.5) is 15.8 Å². The van der Waals surface area contributed by atoms with Gasteiger partial charge in [0.05, 0.1) is 16.5 Å². The van der Waals surface area contributed by atoms with Gasteiger partial charge in [-0.05, 0) is 62.9 Å². The van der Waals surface area contributed by atoms with Gasteiger partial charge in [0.2, 0.25) is 15.9 Å². The molecule has 2 heterocycles. The number of fused-ring (bicyclic) bond motifs is 1. The Morgan fingerprint density at radius 1 is 1.21 bits per heavy atom. The highest BCUT2D eigenvalue weighted by molar-refractivity contribution is 7.89. The Morgan fingerprint density at radius 3 is 2.70 bits per heavy atom. The first-order valence-corrected chi connectivity index (χ1v) is 12.2. The topological polar surface area (TPSA) is 105 Å². The SMILES string of the molecule is Cc1ccc(NC(=O)C2CCCN(S(=O)(=O)c3cc4c(cc3C)NC(=O)C(C)O4)C2)cc1F. The van der Waals surface area contributed by atoms with Crippen LogP contribution >= 0.6 is 0 Å². The quantitative estimate of drug-likeness (QED) is 0.707. The van der Waals surface area contributed by atoms with E-state index in [9.17, 15) is 22.4 Å². The largest absolute Gasteiger partial charge is 0.479 e. The maximum Gasteiger partial charge on any atom is 0.265 e. The zero-order chi connectivity index (χ0) is 23.9. The molecule has 0 aromatic heterocycles. The number of nitrogens with zero attached hydrogens (tertiary/aromatic N) is 1. The summed E-state index contributed by atoms with van der Waals surface area (Å²) in [5.41, 5.74) is 1.70. The first-order valence-electron chi connectivity index (χ1n) is 10.8. The standard InChI is InChI=1S/C23H26FN3O5S/c1-13-6-7-17(10-18(13)24)25-23(29)16-5-4-8-27(12-16)33(30,31)21-11-20-19(9-14(21)2)26-22(28)15(3)32-20/h6-7,9-11,15-16H,4-5,8,12H2,1-3H3,(H,25,29)(H,26,28). The monoisotopic (exact) mass is 475 g/mol. The summed E-state index contributed by atoms with van der Waals surface area (Å²) in [6.45, 7) is 5.17. The minimum Gasteiger partial charge on any atom is -0.479 e. The van der Waals surface area contributed by atoms with E-state index < -0.39 is 27.9 Å². The third-order valence-corrected chi connectivity index (χ3v) is 8.03. The summed E-state index contributed by atoms with van der Waals surface area (Å²) >= 11 is 0. The lowest BCUT2D eigenvalue weighted by Crippen LogP contribution is -2.44. The lowest BCUT2D eigenvalue weighted by atomic mass is 9.98. The Labute approximate surface area is 192 Å². The van der Waals surface area contributed by atoms with Gasteiger partial charge < -0.3 is 15.4 Å². The predicted molar refractivity (Wildman–Crippen MR) is 121 cm³/mol. The summed E-state index contributed by atoms with van der Waals surface area (Å²) < 4.78 is 47.6. The Hall–Kier alpha value is -2.98. The fourth-order valence-electron chi connectivity index (χ4n) is 4.05. The zero-order valence-corrected chi connectivity index (χ0v) is 19.5. The molecule has 0 radical (unpaired) electrons. The molecule has 2 aromatic carbocycles. The van der Waals surface area contributed by atoms with E-state index in [2.05, 4.69) is 10.6 Å². The van der Waals surface area contributed by atoms with E-state index in [1.54, 1.807) is 39.0 Å². The van der Waals surface area contributed by atoms with Gasteiger partial charge in [-0.15, -0.1) is 0 Å². The molecule has 2 atom stereocenters. The van der Waals surface area contributed by atoms with Gasteiger partial charge in [-0.2, -0.15) is 4.31 Å². The molecule has 8 nitrogen and oxygen atoms in total. The number of halogens is 1. The number of sulfonamides is 1. The van der Waals surface area contributed by atoms with Crippen LogP contribution in [0.2, 0.25) is 0 Å². The smallest absolute Gasteiger partial charge is 0.265 e. The molecule has 10 heteroatoms. The molecule has 2 aromatic rings. The summed E-state index contributed by atoms with van der Waals surface area (Å²) in [4.78, 5) is 24.7. The molecule has 2 N–H and O–H groups in total. The van der Waals surface area contributed by atoms with Crippen LogP contribution in [-0.2, 0) is 19.6 Å². The van der Waals surface area contributed by atoms with E-state index in [-0.39, 0.29) is 29.8 Å². The summed E-state index contributed by atoms with van der Waals surface area (Å²) in [5.74, 6) is -1.34. The predicted octanol–water partition coefficient (Wildman–Crippen LogP) is 3.20. The maximum absolute atomic E-state index is 13.8. The number of hydrogen-bond donors (Lipinski definition) is 2. The number of nitrogens with one attached hydrogen (secondary N) is 2. The van der Waals surface area contributed by atoms with Gasteiger partial charge in [-0.3, -0.25) is 9.59 Å². The van der Waals surface area contributed by atoms with E-state index in [0.29, 0.717) is 41.1 Å². The second-order valence-corrected chi connectivity index (χ2v) is 10.4. The summed E-state index contributed by atoms with van der Waals surface area (Å²) in [5, 5.41) is 5.40. The van der Waals surface area contributed by atoms with Crippen LogP contribution in [0.1, 0.15) is 30.9 Å². The van der Waals surface area contributed by atoms with Crippen molar-refractivity contribution in [2.75, 3.05) is 23.7 Å². The molecule has 2 unspecified atom stereocenters. The van der Waals surface area contributed by atoms with Gasteiger partial charge in [0.15, 0.2) is 6.10 Å². The number of ether oxygens (including phenoxy) is 1. The Balaban J connectivity index is 1.54. The first kappa shape index (κ1) is 23.2. The summed E-state index contributed by atoms with van der Waals surface area (Å²) in [6.07, 6.45) is 0.320. The highest BCUT2D eigenvalue weighted by atomic mass is 32.2. The molecule has 176 valence electrons. The number of piperidine rings is 1. The Kier molecular flexibility index (Phi) is 6.15. The number of hydrogen-bond acceptors (Lipinski definition) is 5. The number of carbonyl (C=O) groups excluding carboxylic acids is 2. The van der Waals surface area contributed by atoms with Crippen LogP contribution in [0.15, 0.2) is 35.2 Å². The lowest BCUT2D eigenvalue weighted by molar-refractivity contribution is -0.123. The molecule has 0 aliphatic carbocycles. The Bertz CT molecular complexity index is 1230. The van der Waals surface area contributed by atoms with Crippen molar-refractivity contribution in [1.82, 2.24) is 4.31 Å². The van der Waals surface area contributed by atoms with Gasteiger partial charge in [-0.1, -0.05) is 6.07 Å². The molecule has 0 spiro atoms. The normalized spacial score (nSPS) is 21.0. The van der Waals surface area contributed by atoms with Crippen LogP contribution in [0.3, 0.4) is 0 Å². The fourth-order valence-corrected chi connectivity index (χ4v) is 5.80. The molecule has 2 amide bonds. The number of benzene rings is 2. The van der Waals surface area contributed by atoms with Gasteiger partial charge in [0.1, 0.15) is 11.6 Å². The molecule has 0 saturated carbocycles. The molecule has 2 aliphatic rings. The van der Waals surface area contributed by atoms with Gasteiger partial charge >= 0.3 is 0 Å². The van der Waals surface area contributed by atoms with E-state index in [4.69, 9.17) is 4.74 Å². The van der Waals surface area contributed by atoms with Crippen LogP contribution in [0.25, 0.3) is 0 Å². The zero-order valence-electron chi connectivity index (χ0n) is 18.6. The van der Waals surface area contributed by atoms with Crippen molar-refractivity contribution in [1.29, 1.82) is 0 Å². The number of rotatable bonds is 4. The van der Waals surface area contributed by atoms with E-state index >= 15 is 0 Å². The first-order chi connectivity index (χ1) is 15.6. The molecule has 0 bridgehead atoms. The maximum atomic E-state index is 13.8. The van der Waals surface area contributed by atoms with Crippen molar-refractivity contribution in [3.8, 4) is 5.75 Å². The summed E-state index contributed by atoms with van der Waals surface area (Å²) in [7, 11) is -3.91. The highest BCUT2D eigenvalue weighted by Crippen LogP contribution is 2.36. The Morgan fingerprint density at radius 2 is 1.97 bits per heavy atom. The minimum atomic E-state index is -3.91. The molecule has 4 rings (SSSR count). The van der Waals surface area contributed by atoms with Crippen molar-refractivity contribution in [2.45, 2.75) is 44.6 Å². The summed E-state index contributed by atoms with van der Waals surface area (Å²) in [6, 6.07) is 7.44. The second-order valence-electron chi connectivity index (χ2n) is 8.52. The molecular formula is C23H26FN3O5S. The molecule has 1 saturated heterocycles. The van der Waals surface area contributed by atoms with Crippen molar-refractivity contribution in [2.24, 2.45) is 5.92 Å². The van der Waals surface area contributed by atoms with Gasteiger partial charge in [0.25, 0.3) is 5.91 Å². The van der Waals surface area contributed by atoms with Gasteiger partial charge in [0, 0.05) is 24.8 Å². The molecular weight excluding hydrogens is 449 g/mol. The second kappa shape index (κ2) is 8.75. The van der Waals surface area contributed by atoms with Crippen molar-refractivity contribution >= 4 is 33.2 Å². The van der Waals surface area contributed by atoms with E-state index in [0.717, 1.165) is 0 Å². The van der Waals surface area contributed by atoms with Crippen molar-refractivity contribution in [3.05, 3.63) is 47.3 Å². The van der Waals surface area contributed by atoms with Crippen LogP contribution < -0.4 is 15.4 Å².